The Bertz CT molecular complexity index is 723. The van der Waals surface area contributed by atoms with Crippen LogP contribution >= 0.6 is 0 Å². The van der Waals surface area contributed by atoms with Gasteiger partial charge in [0.25, 0.3) is 0 Å². The number of carbonyl (C=O) groups is 1. The van der Waals surface area contributed by atoms with Crippen LogP contribution in [0.2, 0.25) is 0 Å². The first kappa shape index (κ1) is 19.0. The zero-order valence-corrected chi connectivity index (χ0v) is 16.1. The van der Waals surface area contributed by atoms with Gasteiger partial charge in [-0.1, -0.05) is 24.3 Å². The van der Waals surface area contributed by atoms with Gasteiger partial charge in [0, 0.05) is 38.9 Å². The number of nitrogens with zero attached hydrogens (tertiary/aromatic N) is 3. The SMILES string of the molecule is Cc1cccc(C)c1OCCCNC(=O)N1CCN(c2ccccn2)CC1. The Balaban J connectivity index is 1.34. The summed E-state index contributed by atoms with van der Waals surface area (Å²) in [6.07, 6.45) is 2.59. The summed E-state index contributed by atoms with van der Waals surface area (Å²) < 4.78 is 5.88. The second kappa shape index (κ2) is 9.26. The van der Waals surface area contributed by atoms with Gasteiger partial charge in [-0.2, -0.15) is 0 Å². The summed E-state index contributed by atoms with van der Waals surface area (Å²) in [6, 6.07) is 12.0. The molecule has 1 saturated heterocycles. The first-order chi connectivity index (χ1) is 13.1. The number of benzene rings is 1. The molecule has 27 heavy (non-hydrogen) atoms. The topological polar surface area (TPSA) is 57.7 Å². The number of rotatable bonds is 6. The highest BCUT2D eigenvalue weighted by atomic mass is 16.5. The van der Waals surface area contributed by atoms with Gasteiger partial charge in [-0.15, -0.1) is 0 Å². The van der Waals surface area contributed by atoms with E-state index in [1.165, 1.54) is 0 Å². The molecule has 0 atom stereocenters. The lowest BCUT2D eigenvalue weighted by Gasteiger charge is -2.35. The summed E-state index contributed by atoms with van der Waals surface area (Å²) in [6.45, 7) is 8.34. The molecular formula is C21H28N4O2. The standard InChI is InChI=1S/C21H28N4O2/c1-17-7-5-8-18(2)20(17)27-16-6-11-23-21(26)25-14-12-24(13-15-25)19-9-3-4-10-22-19/h3-5,7-10H,6,11-16H2,1-2H3,(H,23,26). The largest absolute Gasteiger partial charge is 0.493 e. The summed E-state index contributed by atoms with van der Waals surface area (Å²) in [7, 11) is 0. The number of aromatic nitrogens is 1. The highest BCUT2D eigenvalue weighted by molar-refractivity contribution is 5.74. The van der Waals surface area contributed by atoms with E-state index in [-0.39, 0.29) is 6.03 Å². The van der Waals surface area contributed by atoms with Crippen molar-refractivity contribution in [2.24, 2.45) is 0 Å². The van der Waals surface area contributed by atoms with Gasteiger partial charge in [-0.25, -0.2) is 9.78 Å². The van der Waals surface area contributed by atoms with Gasteiger partial charge in [0.05, 0.1) is 6.61 Å². The van der Waals surface area contributed by atoms with Crippen molar-refractivity contribution >= 4 is 11.8 Å². The van der Waals surface area contributed by atoms with Crippen LogP contribution in [0.15, 0.2) is 42.6 Å². The molecule has 0 bridgehead atoms. The number of aryl methyl sites for hydroxylation is 2. The maximum absolute atomic E-state index is 12.3. The fraction of sp³-hybridized carbons (Fsp3) is 0.429. The number of nitrogens with one attached hydrogen (secondary N) is 1. The molecule has 0 saturated carbocycles. The molecule has 6 heteroatoms. The van der Waals surface area contributed by atoms with Gasteiger partial charge in [0.2, 0.25) is 0 Å². The number of anilines is 1. The maximum atomic E-state index is 12.3. The van der Waals surface area contributed by atoms with Crippen molar-refractivity contribution in [1.29, 1.82) is 0 Å². The van der Waals surface area contributed by atoms with Crippen molar-refractivity contribution in [3.63, 3.8) is 0 Å². The second-order valence-electron chi connectivity index (χ2n) is 6.82. The lowest BCUT2D eigenvalue weighted by molar-refractivity contribution is 0.193. The van der Waals surface area contributed by atoms with Crippen LogP contribution in [0.1, 0.15) is 17.5 Å². The lowest BCUT2D eigenvalue weighted by Crippen LogP contribution is -2.52. The quantitative estimate of drug-likeness (QED) is 0.797. The number of carbonyl (C=O) groups excluding carboxylic acids is 1. The summed E-state index contributed by atoms with van der Waals surface area (Å²) >= 11 is 0. The summed E-state index contributed by atoms with van der Waals surface area (Å²) in [4.78, 5) is 20.8. The molecule has 3 rings (SSSR count). The zero-order valence-electron chi connectivity index (χ0n) is 16.1. The molecule has 1 aliphatic rings. The van der Waals surface area contributed by atoms with Crippen LogP contribution in [0.25, 0.3) is 0 Å². The Kier molecular flexibility index (Phi) is 6.52. The zero-order chi connectivity index (χ0) is 19.1. The first-order valence-electron chi connectivity index (χ1n) is 9.53. The van der Waals surface area contributed by atoms with Gasteiger partial charge in [0.1, 0.15) is 11.6 Å². The number of hydrogen-bond donors (Lipinski definition) is 1. The van der Waals surface area contributed by atoms with Crippen LogP contribution in [-0.2, 0) is 0 Å². The molecule has 1 aromatic carbocycles. The number of ether oxygens (including phenoxy) is 1. The minimum atomic E-state index is 0.00254. The third-order valence-electron chi connectivity index (χ3n) is 4.79. The first-order valence-corrected chi connectivity index (χ1v) is 9.53. The molecule has 0 unspecified atom stereocenters. The van der Waals surface area contributed by atoms with Crippen LogP contribution in [0.5, 0.6) is 5.75 Å². The molecule has 0 radical (unpaired) electrons. The second-order valence-corrected chi connectivity index (χ2v) is 6.82. The third kappa shape index (κ3) is 5.12. The monoisotopic (exact) mass is 368 g/mol. The number of hydrogen-bond acceptors (Lipinski definition) is 4. The van der Waals surface area contributed by atoms with E-state index in [0.29, 0.717) is 26.2 Å². The van der Waals surface area contributed by atoms with E-state index < -0.39 is 0 Å². The predicted octanol–water partition coefficient (Wildman–Crippen LogP) is 3.00. The van der Waals surface area contributed by atoms with E-state index in [1.807, 2.05) is 29.2 Å². The third-order valence-corrected chi connectivity index (χ3v) is 4.79. The molecule has 6 nitrogen and oxygen atoms in total. The Morgan fingerprint density at radius 3 is 2.48 bits per heavy atom. The molecule has 0 spiro atoms. The van der Waals surface area contributed by atoms with E-state index in [1.54, 1.807) is 6.20 Å². The average molecular weight is 368 g/mol. The molecule has 1 aliphatic heterocycles. The lowest BCUT2D eigenvalue weighted by atomic mass is 10.1. The smallest absolute Gasteiger partial charge is 0.317 e. The molecule has 1 N–H and O–H groups in total. The molecule has 2 amide bonds. The Morgan fingerprint density at radius 1 is 1.07 bits per heavy atom. The summed E-state index contributed by atoms with van der Waals surface area (Å²) in [5.41, 5.74) is 2.29. The van der Waals surface area contributed by atoms with E-state index in [0.717, 1.165) is 42.2 Å². The number of para-hydroxylation sites is 1. The van der Waals surface area contributed by atoms with Crippen molar-refractivity contribution in [1.82, 2.24) is 15.2 Å². The molecule has 2 heterocycles. The molecule has 144 valence electrons. The van der Waals surface area contributed by atoms with Crippen LogP contribution in [-0.4, -0.2) is 55.2 Å². The van der Waals surface area contributed by atoms with Crippen molar-refractivity contribution in [3.8, 4) is 5.75 Å². The minimum Gasteiger partial charge on any atom is -0.493 e. The summed E-state index contributed by atoms with van der Waals surface area (Å²) in [5, 5.41) is 3.00. The van der Waals surface area contributed by atoms with Crippen LogP contribution in [0.4, 0.5) is 10.6 Å². The number of pyridine rings is 1. The highest BCUT2D eigenvalue weighted by Crippen LogP contribution is 2.22. The Morgan fingerprint density at radius 2 is 1.81 bits per heavy atom. The molecule has 0 aliphatic carbocycles. The van der Waals surface area contributed by atoms with Crippen molar-refractivity contribution in [2.75, 3.05) is 44.2 Å². The minimum absolute atomic E-state index is 0.00254. The predicted molar refractivity (Wildman–Crippen MR) is 107 cm³/mol. The fourth-order valence-corrected chi connectivity index (χ4v) is 3.26. The fourth-order valence-electron chi connectivity index (χ4n) is 3.26. The molecular weight excluding hydrogens is 340 g/mol. The van der Waals surface area contributed by atoms with Crippen molar-refractivity contribution < 1.29 is 9.53 Å². The Hall–Kier alpha value is -2.76. The molecule has 1 aromatic heterocycles. The number of amides is 2. The van der Waals surface area contributed by atoms with Gasteiger partial charge in [-0.05, 0) is 43.5 Å². The van der Waals surface area contributed by atoms with E-state index >= 15 is 0 Å². The summed E-state index contributed by atoms with van der Waals surface area (Å²) in [5.74, 6) is 1.93. The molecule has 1 fully saturated rings. The van der Waals surface area contributed by atoms with E-state index in [4.69, 9.17) is 4.74 Å². The van der Waals surface area contributed by atoms with Gasteiger partial charge in [0.15, 0.2) is 0 Å². The van der Waals surface area contributed by atoms with Crippen molar-refractivity contribution in [2.45, 2.75) is 20.3 Å². The van der Waals surface area contributed by atoms with E-state index in [9.17, 15) is 4.79 Å². The number of urea groups is 1. The van der Waals surface area contributed by atoms with Gasteiger partial charge >= 0.3 is 6.03 Å². The highest BCUT2D eigenvalue weighted by Gasteiger charge is 2.21. The van der Waals surface area contributed by atoms with Gasteiger partial charge in [-0.3, -0.25) is 0 Å². The van der Waals surface area contributed by atoms with Crippen molar-refractivity contribution in [3.05, 3.63) is 53.7 Å². The van der Waals surface area contributed by atoms with Crippen LogP contribution in [0, 0.1) is 13.8 Å². The van der Waals surface area contributed by atoms with Gasteiger partial charge < -0.3 is 19.9 Å². The van der Waals surface area contributed by atoms with Crippen LogP contribution < -0.4 is 15.0 Å². The normalized spacial score (nSPS) is 14.1. The van der Waals surface area contributed by atoms with Crippen LogP contribution in [0.3, 0.4) is 0 Å². The number of piperazine rings is 1. The average Bonchev–Trinajstić information content (AvgIpc) is 2.70. The maximum Gasteiger partial charge on any atom is 0.317 e. The van der Waals surface area contributed by atoms with E-state index in [2.05, 4.69) is 41.2 Å². The Labute approximate surface area is 161 Å². The molecule has 2 aromatic rings.